The van der Waals surface area contributed by atoms with E-state index in [0.29, 0.717) is 12.8 Å². The molecule has 0 fully saturated rings. The van der Waals surface area contributed by atoms with Crippen LogP contribution in [0.2, 0.25) is 0 Å². The van der Waals surface area contributed by atoms with Crippen molar-refractivity contribution in [3.05, 3.63) is 182 Å². The average Bonchev–Trinajstić information content (AvgIpc) is 3.37. The molecule has 392 valence electrons. The number of carbonyl (C=O) groups excluding carboxylic acids is 3. The number of esters is 3. The lowest BCUT2D eigenvalue weighted by Crippen LogP contribution is -2.30. The molecule has 0 aliphatic rings. The molecule has 0 amide bonds. The van der Waals surface area contributed by atoms with Gasteiger partial charge in [0.1, 0.15) is 13.2 Å². The van der Waals surface area contributed by atoms with E-state index < -0.39 is 12.1 Å². The van der Waals surface area contributed by atoms with Crippen molar-refractivity contribution in [1.82, 2.24) is 0 Å². The third-order valence-corrected chi connectivity index (χ3v) is 10.4. The minimum absolute atomic E-state index is 0.146. The molecule has 0 aromatic rings. The molecule has 0 rings (SSSR count). The topological polar surface area (TPSA) is 78.9 Å². The molecule has 0 N–H and O–H groups in total. The van der Waals surface area contributed by atoms with Crippen molar-refractivity contribution >= 4 is 17.9 Å². The van der Waals surface area contributed by atoms with Crippen molar-refractivity contribution in [3.8, 4) is 0 Å². The Morgan fingerprint density at radius 1 is 0.282 bits per heavy atom. The van der Waals surface area contributed by atoms with E-state index in [9.17, 15) is 14.4 Å². The summed E-state index contributed by atoms with van der Waals surface area (Å²) < 4.78 is 16.7. The quantitative estimate of drug-likeness (QED) is 0.0262. The van der Waals surface area contributed by atoms with Crippen molar-refractivity contribution in [3.63, 3.8) is 0 Å². The van der Waals surface area contributed by atoms with Gasteiger partial charge in [0.05, 0.1) is 0 Å². The molecule has 0 aliphatic heterocycles. The minimum Gasteiger partial charge on any atom is -0.462 e. The number of allylic oxidation sites excluding steroid dienone is 30. The third kappa shape index (κ3) is 55.3. The van der Waals surface area contributed by atoms with E-state index in [0.717, 1.165) is 135 Å². The van der Waals surface area contributed by atoms with E-state index in [-0.39, 0.29) is 44.4 Å². The molecule has 0 spiro atoms. The van der Waals surface area contributed by atoms with Gasteiger partial charge in [0.25, 0.3) is 0 Å². The highest BCUT2D eigenvalue weighted by Gasteiger charge is 2.19. The Bertz CT molecular complexity index is 1730. The van der Waals surface area contributed by atoms with Gasteiger partial charge >= 0.3 is 17.9 Å². The molecule has 0 aromatic heterocycles. The fourth-order valence-corrected chi connectivity index (χ4v) is 6.42. The highest BCUT2D eigenvalue weighted by Crippen LogP contribution is 2.10. The van der Waals surface area contributed by atoms with E-state index in [4.69, 9.17) is 14.2 Å². The summed E-state index contributed by atoms with van der Waals surface area (Å²) in [6.07, 6.45) is 86.0. The third-order valence-electron chi connectivity index (χ3n) is 10.4. The standard InChI is InChI=1S/C65H96O6/c1-4-7-10-13-16-19-22-25-28-31-32-35-37-40-43-46-49-52-55-58-64(67)70-61-62(71-65(68)59-56-53-50-47-44-41-38-34-30-27-24-21-18-15-12-9-6-3)60-69-63(66)57-54-51-48-45-42-39-36-33-29-26-23-20-17-14-11-8-5-2/h7-12,16-21,25-30,32,35-36,38-41,43,45,47-48,50,62H,4-6,13-15,22-24,31,33-34,37,42,44,46,49,51-61H2,1-3H3/b10-7-,11-8-,12-9-,19-16-,20-17-,21-18-,28-25-,29-26-,30-27-,35-32-,39-36-,41-38-,43-40-,48-45-,50-47-/t62-/m1/s1. The van der Waals surface area contributed by atoms with E-state index in [1.807, 2.05) is 0 Å². The molecular formula is C65H96O6. The molecule has 0 aromatic carbocycles. The second-order valence-corrected chi connectivity index (χ2v) is 17.0. The maximum atomic E-state index is 12.8. The first-order valence-electron chi connectivity index (χ1n) is 27.3. The van der Waals surface area contributed by atoms with Crippen molar-refractivity contribution in [1.29, 1.82) is 0 Å². The largest absolute Gasteiger partial charge is 0.462 e. The predicted molar refractivity (Wildman–Crippen MR) is 306 cm³/mol. The van der Waals surface area contributed by atoms with Gasteiger partial charge in [-0.3, -0.25) is 14.4 Å². The lowest BCUT2D eigenvalue weighted by Gasteiger charge is -2.18. The Hall–Kier alpha value is -5.49. The lowest BCUT2D eigenvalue weighted by atomic mass is 10.1. The maximum absolute atomic E-state index is 12.8. The van der Waals surface area contributed by atoms with Crippen molar-refractivity contribution < 1.29 is 28.6 Å². The number of ether oxygens (including phenoxy) is 3. The molecule has 0 radical (unpaired) electrons. The highest BCUT2D eigenvalue weighted by atomic mass is 16.6. The van der Waals surface area contributed by atoms with E-state index in [2.05, 4.69) is 203 Å². The Morgan fingerprint density at radius 3 is 0.817 bits per heavy atom. The maximum Gasteiger partial charge on any atom is 0.306 e. The van der Waals surface area contributed by atoms with Gasteiger partial charge in [-0.15, -0.1) is 0 Å². The molecular weight excluding hydrogens is 877 g/mol. The second-order valence-electron chi connectivity index (χ2n) is 17.0. The average molecular weight is 973 g/mol. The van der Waals surface area contributed by atoms with Crippen LogP contribution in [0.4, 0.5) is 0 Å². The van der Waals surface area contributed by atoms with Gasteiger partial charge in [-0.1, -0.05) is 209 Å². The molecule has 6 nitrogen and oxygen atoms in total. The summed E-state index contributed by atoms with van der Waals surface area (Å²) >= 11 is 0. The number of carbonyl (C=O) groups is 3. The lowest BCUT2D eigenvalue weighted by molar-refractivity contribution is -0.167. The van der Waals surface area contributed by atoms with Crippen molar-refractivity contribution in [2.24, 2.45) is 0 Å². The predicted octanol–water partition coefficient (Wildman–Crippen LogP) is 18.5. The summed E-state index contributed by atoms with van der Waals surface area (Å²) in [5, 5.41) is 0. The normalized spacial score (nSPS) is 13.6. The van der Waals surface area contributed by atoms with Gasteiger partial charge < -0.3 is 14.2 Å². The van der Waals surface area contributed by atoms with Crippen LogP contribution in [0, 0.1) is 0 Å². The van der Waals surface area contributed by atoms with Gasteiger partial charge in [0.15, 0.2) is 6.10 Å². The fraction of sp³-hybridized carbons (Fsp3) is 0.492. The summed E-state index contributed by atoms with van der Waals surface area (Å²) in [5.41, 5.74) is 0. The van der Waals surface area contributed by atoms with Gasteiger partial charge in [-0.05, 0) is 141 Å². The highest BCUT2D eigenvalue weighted by molar-refractivity contribution is 5.71. The fourth-order valence-electron chi connectivity index (χ4n) is 6.42. The zero-order chi connectivity index (χ0) is 51.4. The molecule has 0 unspecified atom stereocenters. The van der Waals surface area contributed by atoms with Gasteiger partial charge in [-0.2, -0.15) is 0 Å². The molecule has 0 heterocycles. The first-order valence-corrected chi connectivity index (χ1v) is 27.3. The second kappa shape index (κ2) is 57.1. The van der Waals surface area contributed by atoms with Crippen LogP contribution in [0.1, 0.15) is 188 Å². The first kappa shape index (κ1) is 65.5. The van der Waals surface area contributed by atoms with Crippen LogP contribution in [-0.2, 0) is 28.6 Å². The van der Waals surface area contributed by atoms with Crippen LogP contribution in [-0.4, -0.2) is 37.2 Å². The van der Waals surface area contributed by atoms with Gasteiger partial charge in [0.2, 0.25) is 0 Å². The molecule has 0 saturated carbocycles. The number of hydrogen-bond acceptors (Lipinski definition) is 6. The molecule has 0 saturated heterocycles. The molecule has 6 heteroatoms. The van der Waals surface area contributed by atoms with Crippen LogP contribution < -0.4 is 0 Å². The zero-order valence-corrected chi connectivity index (χ0v) is 44.6. The van der Waals surface area contributed by atoms with Crippen LogP contribution in [0.25, 0.3) is 0 Å². The Labute approximate surface area is 434 Å². The van der Waals surface area contributed by atoms with Crippen LogP contribution in [0.15, 0.2) is 182 Å². The number of rotatable bonds is 46. The van der Waals surface area contributed by atoms with Crippen LogP contribution in [0.5, 0.6) is 0 Å². The number of hydrogen-bond donors (Lipinski definition) is 0. The molecule has 0 aliphatic carbocycles. The summed E-state index contributed by atoms with van der Waals surface area (Å²) in [5.74, 6) is -1.11. The summed E-state index contributed by atoms with van der Waals surface area (Å²) in [6.45, 7) is 6.14. The Balaban J connectivity index is 4.67. The number of unbranched alkanes of at least 4 members (excludes halogenated alkanes) is 5. The van der Waals surface area contributed by atoms with Gasteiger partial charge in [-0.25, -0.2) is 0 Å². The zero-order valence-electron chi connectivity index (χ0n) is 44.6. The van der Waals surface area contributed by atoms with Gasteiger partial charge in [0, 0.05) is 19.3 Å². The summed E-state index contributed by atoms with van der Waals surface area (Å²) in [4.78, 5) is 38.1. The summed E-state index contributed by atoms with van der Waals surface area (Å²) in [6, 6.07) is 0. The monoisotopic (exact) mass is 973 g/mol. The molecule has 71 heavy (non-hydrogen) atoms. The van der Waals surface area contributed by atoms with E-state index in [1.54, 1.807) is 0 Å². The van der Waals surface area contributed by atoms with E-state index in [1.165, 1.54) is 0 Å². The Morgan fingerprint density at radius 2 is 0.521 bits per heavy atom. The molecule has 0 bridgehead atoms. The van der Waals surface area contributed by atoms with E-state index >= 15 is 0 Å². The van der Waals surface area contributed by atoms with Crippen LogP contribution >= 0.6 is 0 Å². The molecule has 1 atom stereocenters. The van der Waals surface area contributed by atoms with Crippen molar-refractivity contribution in [2.75, 3.05) is 13.2 Å². The smallest absolute Gasteiger partial charge is 0.306 e. The minimum atomic E-state index is -0.856. The SMILES string of the molecule is CC/C=C\C/C=C\C/C=C\C/C=C\C/C=C\CCCCCC(=O)OC[C@@H](COC(=O)CCC/C=C\C/C=C\C/C=C\C/C=C\C/C=C\CC)OC(=O)CCC/C=C\C/C=C\C/C=C\C/C=C\C/C=C\CC. The van der Waals surface area contributed by atoms with Crippen molar-refractivity contribution in [2.45, 2.75) is 194 Å². The Kier molecular flexibility index (Phi) is 52.7. The first-order chi connectivity index (χ1) is 35.0. The van der Waals surface area contributed by atoms with Crippen LogP contribution in [0.3, 0.4) is 0 Å². The summed E-state index contributed by atoms with van der Waals surface area (Å²) in [7, 11) is 0.